The monoisotopic (exact) mass is 474 g/mol. The van der Waals surface area contributed by atoms with Crippen molar-refractivity contribution in [3.63, 3.8) is 0 Å². The van der Waals surface area contributed by atoms with E-state index in [9.17, 15) is 22.4 Å². The molecule has 0 aliphatic rings. The number of nitrogens with two attached hydrogens (primary N) is 1. The molecule has 0 aliphatic heterocycles. The van der Waals surface area contributed by atoms with Crippen molar-refractivity contribution >= 4 is 46.4 Å². The van der Waals surface area contributed by atoms with Crippen LogP contribution in [0.15, 0.2) is 48.7 Å². The summed E-state index contributed by atoms with van der Waals surface area (Å²) in [6, 6.07) is 6.82. The smallest absolute Gasteiger partial charge is 0.417 e. The second-order valence-corrected chi connectivity index (χ2v) is 6.90. The summed E-state index contributed by atoms with van der Waals surface area (Å²) < 4.78 is 58.4. The molecular formula is C19H12Cl2F4N4O2. The number of carbonyl (C=O) groups excluding carboxylic acids is 1. The summed E-state index contributed by atoms with van der Waals surface area (Å²) in [5.74, 6) is -1.03. The summed E-state index contributed by atoms with van der Waals surface area (Å²) in [5.41, 5.74) is 4.40. The number of alkyl halides is 3. The number of carbonyl (C=O) groups is 1. The maximum absolute atomic E-state index is 14.3. The van der Waals surface area contributed by atoms with E-state index in [2.05, 4.69) is 15.6 Å². The first-order valence-corrected chi connectivity index (χ1v) is 9.11. The molecule has 0 bridgehead atoms. The number of nitrogens with zero attached hydrogens (tertiary/aromatic N) is 1. The highest BCUT2D eigenvalue weighted by molar-refractivity contribution is 6.31. The summed E-state index contributed by atoms with van der Waals surface area (Å²) in [6.45, 7) is 0. The zero-order valence-corrected chi connectivity index (χ0v) is 16.7. The number of urea groups is 1. The summed E-state index contributed by atoms with van der Waals surface area (Å²) in [6.07, 6.45) is -3.39. The minimum absolute atomic E-state index is 0.00781. The number of amides is 2. The second kappa shape index (κ2) is 8.86. The van der Waals surface area contributed by atoms with Crippen molar-refractivity contribution in [2.24, 2.45) is 0 Å². The molecule has 162 valence electrons. The number of hydrogen-bond acceptors (Lipinski definition) is 4. The first kappa shape index (κ1) is 22.4. The van der Waals surface area contributed by atoms with Crippen LogP contribution in [0.4, 0.5) is 39.5 Å². The van der Waals surface area contributed by atoms with Crippen molar-refractivity contribution in [2.45, 2.75) is 6.18 Å². The minimum Gasteiger partial charge on any atom is -0.450 e. The molecule has 12 heteroatoms. The molecule has 0 saturated carbocycles. The lowest BCUT2D eigenvalue weighted by atomic mass is 10.2. The molecule has 4 N–H and O–H groups in total. The van der Waals surface area contributed by atoms with Gasteiger partial charge in [-0.15, -0.1) is 0 Å². The Morgan fingerprint density at radius 3 is 2.29 bits per heavy atom. The van der Waals surface area contributed by atoms with E-state index >= 15 is 0 Å². The van der Waals surface area contributed by atoms with Crippen LogP contribution in [0.2, 0.25) is 10.0 Å². The Labute approximate surface area is 182 Å². The van der Waals surface area contributed by atoms with Crippen LogP contribution in [0.5, 0.6) is 11.5 Å². The van der Waals surface area contributed by atoms with Gasteiger partial charge in [0.15, 0.2) is 23.1 Å². The Bertz CT molecular complexity index is 1140. The first-order valence-electron chi connectivity index (χ1n) is 8.36. The highest BCUT2D eigenvalue weighted by Crippen LogP contribution is 2.36. The van der Waals surface area contributed by atoms with Crippen LogP contribution in [0.25, 0.3) is 0 Å². The number of aromatic nitrogens is 1. The molecule has 1 aromatic heterocycles. The van der Waals surface area contributed by atoms with Crippen LogP contribution in [-0.2, 0) is 6.18 Å². The largest absolute Gasteiger partial charge is 0.450 e. The predicted octanol–water partition coefficient (Wildman–Crippen LogP) is 6.56. The molecule has 3 rings (SSSR count). The highest BCUT2D eigenvalue weighted by atomic mass is 35.5. The average Bonchev–Trinajstić information content (AvgIpc) is 2.67. The van der Waals surface area contributed by atoms with Gasteiger partial charge in [-0.25, -0.2) is 14.2 Å². The lowest BCUT2D eigenvalue weighted by Crippen LogP contribution is -2.20. The number of benzene rings is 2. The van der Waals surface area contributed by atoms with Gasteiger partial charge in [-0.3, -0.25) is 0 Å². The van der Waals surface area contributed by atoms with Crippen molar-refractivity contribution in [1.82, 2.24) is 4.98 Å². The Morgan fingerprint density at radius 1 is 1.00 bits per heavy atom. The van der Waals surface area contributed by atoms with Gasteiger partial charge in [-0.1, -0.05) is 23.2 Å². The van der Waals surface area contributed by atoms with Crippen LogP contribution in [0.3, 0.4) is 0 Å². The first-order chi connectivity index (χ1) is 14.5. The molecular weight excluding hydrogens is 463 g/mol. The molecule has 0 unspecified atom stereocenters. The van der Waals surface area contributed by atoms with Gasteiger partial charge in [0, 0.05) is 29.7 Å². The van der Waals surface area contributed by atoms with Gasteiger partial charge < -0.3 is 21.1 Å². The van der Waals surface area contributed by atoms with Crippen molar-refractivity contribution in [3.05, 3.63) is 70.1 Å². The molecule has 6 nitrogen and oxygen atoms in total. The molecule has 0 saturated heterocycles. The summed E-state index contributed by atoms with van der Waals surface area (Å²) in [4.78, 5) is 15.8. The van der Waals surface area contributed by atoms with E-state index in [0.29, 0.717) is 6.07 Å². The number of nitrogen functional groups attached to an aromatic ring is 1. The zero-order chi connectivity index (χ0) is 22.8. The van der Waals surface area contributed by atoms with E-state index in [0.717, 1.165) is 12.1 Å². The van der Waals surface area contributed by atoms with E-state index in [1.807, 2.05) is 0 Å². The normalized spacial score (nSPS) is 11.2. The third-order valence-corrected chi connectivity index (χ3v) is 4.32. The molecule has 2 amide bonds. The lowest BCUT2D eigenvalue weighted by molar-refractivity contribution is -0.137. The maximum Gasteiger partial charge on any atom is 0.417 e. The van der Waals surface area contributed by atoms with Gasteiger partial charge in [0.1, 0.15) is 0 Å². The molecule has 0 radical (unpaired) electrons. The van der Waals surface area contributed by atoms with Crippen molar-refractivity contribution in [1.29, 1.82) is 0 Å². The number of pyridine rings is 1. The lowest BCUT2D eigenvalue weighted by Gasteiger charge is -2.13. The average molecular weight is 475 g/mol. The Kier molecular flexibility index (Phi) is 6.42. The molecule has 0 fully saturated rings. The van der Waals surface area contributed by atoms with Crippen LogP contribution >= 0.6 is 23.2 Å². The van der Waals surface area contributed by atoms with Gasteiger partial charge in [0.2, 0.25) is 0 Å². The van der Waals surface area contributed by atoms with E-state index < -0.39 is 28.6 Å². The molecule has 1 heterocycles. The van der Waals surface area contributed by atoms with Crippen LogP contribution in [0, 0.1) is 5.82 Å². The summed E-state index contributed by atoms with van der Waals surface area (Å²) >= 11 is 11.3. The fraction of sp³-hybridized carbons (Fsp3) is 0.0526. The number of halogens is 6. The number of ether oxygens (including phenoxy) is 1. The van der Waals surface area contributed by atoms with Crippen LogP contribution < -0.4 is 21.1 Å². The Hall–Kier alpha value is -3.24. The predicted molar refractivity (Wildman–Crippen MR) is 109 cm³/mol. The fourth-order valence-electron chi connectivity index (χ4n) is 2.41. The van der Waals surface area contributed by atoms with Gasteiger partial charge in [0.25, 0.3) is 0 Å². The molecule has 3 aromatic rings. The van der Waals surface area contributed by atoms with Gasteiger partial charge in [-0.2, -0.15) is 13.2 Å². The van der Waals surface area contributed by atoms with Gasteiger partial charge in [-0.05, 0) is 30.3 Å². The highest BCUT2D eigenvalue weighted by Gasteiger charge is 2.33. The number of hydrogen-bond donors (Lipinski definition) is 3. The van der Waals surface area contributed by atoms with E-state index in [1.165, 1.54) is 30.5 Å². The van der Waals surface area contributed by atoms with Crippen LogP contribution in [-0.4, -0.2) is 11.0 Å². The van der Waals surface area contributed by atoms with Crippen molar-refractivity contribution in [2.75, 3.05) is 16.4 Å². The van der Waals surface area contributed by atoms with E-state index in [4.69, 9.17) is 33.7 Å². The minimum atomic E-state index is -4.69. The third-order valence-electron chi connectivity index (χ3n) is 3.79. The van der Waals surface area contributed by atoms with E-state index in [-0.39, 0.29) is 33.7 Å². The maximum atomic E-state index is 14.3. The van der Waals surface area contributed by atoms with Gasteiger partial charge in [0.05, 0.1) is 15.6 Å². The van der Waals surface area contributed by atoms with Crippen LogP contribution in [0.1, 0.15) is 5.56 Å². The SMILES string of the molecule is Nc1ncc(Cl)cc1Oc1ccc(NC(=O)Nc2ccc(Cl)c(C(F)(F)F)c2)cc1F. The molecule has 31 heavy (non-hydrogen) atoms. The quantitative estimate of drug-likeness (QED) is 0.373. The molecule has 2 aromatic carbocycles. The van der Waals surface area contributed by atoms with Crippen molar-refractivity contribution < 1.29 is 27.1 Å². The number of nitrogens with one attached hydrogen (secondary N) is 2. The summed E-state index contributed by atoms with van der Waals surface area (Å²) in [7, 11) is 0. The zero-order valence-electron chi connectivity index (χ0n) is 15.2. The number of rotatable bonds is 4. The van der Waals surface area contributed by atoms with Crippen molar-refractivity contribution in [3.8, 4) is 11.5 Å². The fourth-order valence-corrected chi connectivity index (χ4v) is 2.78. The standard InChI is InChI=1S/C19H12Cl2F4N4O2/c20-9-5-16(17(26)27-8-9)31-15-4-2-11(7-14(15)22)29-18(30)28-10-1-3-13(21)12(6-10)19(23,24)25/h1-8H,(H2,26,27)(H2,28,29,30). The Balaban J connectivity index is 1.70. The topological polar surface area (TPSA) is 89.3 Å². The molecule has 0 spiro atoms. The summed E-state index contributed by atoms with van der Waals surface area (Å²) in [5, 5.41) is 4.24. The Morgan fingerprint density at radius 2 is 1.65 bits per heavy atom. The third kappa shape index (κ3) is 5.68. The van der Waals surface area contributed by atoms with Gasteiger partial charge >= 0.3 is 12.2 Å². The van der Waals surface area contributed by atoms with E-state index in [1.54, 1.807) is 0 Å². The molecule has 0 aliphatic carbocycles. The number of anilines is 3. The second-order valence-electron chi connectivity index (χ2n) is 6.06. The molecule has 0 atom stereocenters.